The van der Waals surface area contributed by atoms with Crippen molar-refractivity contribution in [1.82, 2.24) is 0 Å². The summed E-state index contributed by atoms with van der Waals surface area (Å²) in [7, 11) is 0. The molecule has 0 unspecified atom stereocenters. The van der Waals surface area contributed by atoms with Gasteiger partial charge in [0.2, 0.25) is 0 Å². The first-order chi connectivity index (χ1) is 9.70. The van der Waals surface area contributed by atoms with E-state index >= 15 is 0 Å². The number of halogens is 1. The average molecular weight is 341 g/mol. The molecule has 2 aliphatic rings. The van der Waals surface area contributed by atoms with E-state index in [1.54, 1.807) is 0 Å². The molecule has 0 nitrogen and oxygen atoms in total. The molecule has 0 N–H and O–H groups in total. The number of allylic oxidation sites excluding steroid dienone is 1. The van der Waals surface area contributed by atoms with Crippen LogP contribution in [-0.4, -0.2) is 0 Å². The minimum absolute atomic E-state index is 0.761. The molecular weight excluding hydrogens is 308 g/mol. The Balaban J connectivity index is 1.65. The summed E-state index contributed by atoms with van der Waals surface area (Å²) in [6.45, 7) is 6.39. The Hall–Kier alpha value is 0.220. The maximum absolute atomic E-state index is 4.08. The van der Waals surface area contributed by atoms with Gasteiger partial charge >= 0.3 is 0 Å². The maximum Gasteiger partial charge on any atom is -0.00902 e. The Bertz CT molecular complexity index is 280. The highest BCUT2D eigenvalue weighted by Gasteiger charge is 2.30. The predicted octanol–water partition coefficient (Wildman–Crippen LogP) is 7.09. The Labute approximate surface area is 134 Å². The first-order valence-electron chi connectivity index (χ1n) is 9.05. The minimum Gasteiger partial charge on any atom is -0.0886 e. The third kappa shape index (κ3) is 4.90. The van der Waals surface area contributed by atoms with Gasteiger partial charge in [-0.2, -0.15) is 0 Å². The summed E-state index contributed by atoms with van der Waals surface area (Å²) in [6.07, 6.45) is 17.6. The topological polar surface area (TPSA) is 0 Å². The Kier molecular flexibility index (Phi) is 7.14. The van der Waals surface area contributed by atoms with Crippen molar-refractivity contribution >= 4 is 15.9 Å². The molecule has 0 aromatic heterocycles. The summed E-state index contributed by atoms with van der Waals surface area (Å²) >= 11 is 3.60. The lowest BCUT2D eigenvalue weighted by molar-refractivity contribution is 0.151. The van der Waals surface area contributed by atoms with Crippen molar-refractivity contribution in [2.24, 2.45) is 23.7 Å². The zero-order chi connectivity index (χ0) is 14.4. The molecule has 2 fully saturated rings. The SMILES string of the molecule is C=C(Br)[C@H]1CC[C@H]([C@H]2CC[C@H](CCCCC)CC2)CC1. The van der Waals surface area contributed by atoms with E-state index in [4.69, 9.17) is 0 Å². The largest absolute Gasteiger partial charge is 0.0886 e. The maximum atomic E-state index is 4.08. The van der Waals surface area contributed by atoms with Gasteiger partial charge in [-0.15, -0.1) is 0 Å². The fourth-order valence-corrected chi connectivity index (χ4v) is 4.99. The molecule has 0 aromatic rings. The zero-order valence-electron chi connectivity index (χ0n) is 13.4. The van der Waals surface area contributed by atoms with Gasteiger partial charge in [0.1, 0.15) is 0 Å². The van der Waals surface area contributed by atoms with Crippen LogP contribution in [0.15, 0.2) is 11.1 Å². The van der Waals surface area contributed by atoms with Gasteiger partial charge < -0.3 is 0 Å². The molecule has 0 radical (unpaired) electrons. The lowest BCUT2D eigenvalue weighted by Crippen LogP contribution is -2.25. The summed E-state index contributed by atoms with van der Waals surface area (Å²) in [5.74, 6) is 3.92. The first kappa shape index (κ1) is 16.6. The molecule has 0 aromatic carbocycles. The summed E-state index contributed by atoms with van der Waals surface area (Å²) in [5, 5.41) is 0. The molecular formula is C19H33Br. The second-order valence-electron chi connectivity index (χ2n) is 7.34. The van der Waals surface area contributed by atoms with E-state index in [0.29, 0.717) is 0 Å². The Morgan fingerprint density at radius 3 is 1.95 bits per heavy atom. The van der Waals surface area contributed by atoms with Crippen molar-refractivity contribution in [2.45, 2.75) is 84.0 Å². The molecule has 1 heteroatoms. The summed E-state index contributed by atoms with van der Waals surface area (Å²) in [4.78, 5) is 0. The smallest absolute Gasteiger partial charge is 0.00902 e. The second-order valence-corrected chi connectivity index (χ2v) is 8.35. The molecule has 0 saturated heterocycles. The van der Waals surface area contributed by atoms with E-state index in [2.05, 4.69) is 29.4 Å². The van der Waals surface area contributed by atoms with Gasteiger partial charge in [0, 0.05) is 0 Å². The molecule has 0 atom stereocenters. The second kappa shape index (κ2) is 8.61. The average Bonchev–Trinajstić information content (AvgIpc) is 2.48. The fourth-order valence-electron chi connectivity index (χ4n) is 4.54. The van der Waals surface area contributed by atoms with Crippen molar-refractivity contribution in [3.63, 3.8) is 0 Å². The molecule has 0 aliphatic heterocycles. The minimum atomic E-state index is 0.761. The van der Waals surface area contributed by atoms with Crippen LogP contribution < -0.4 is 0 Å². The highest BCUT2D eigenvalue weighted by molar-refractivity contribution is 9.11. The molecule has 2 saturated carbocycles. The van der Waals surface area contributed by atoms with E-state index < -0.39 is 0 Å². The van der Waals surface area contributed by atoms with Crippen molar-refractivity contribution in [3.8, 4) is 0 Å². The Morgan fingerprint density at radius 2 is 1.45 bits per heavy atom. The highest BCUT2D eigenvalue weighted by atomic mass is 79.9. The molecule has 116 valence electrons. The third-order valence-electron chi connectivity index (χ3n) is 5.99. The van der Waals surface area contributed by atoms with Crippen molar-refractivity contribution in [2.75, 3.05) is 0 Å². The summed E-state index contributed by atoms with van der Waals surface area (Å²) < 4.78 is 1.25. The van der Waals surface area contributed by atoms with Crippen molar-refractivity contribution in [1.29, 1.82) is 0 Å². The van der Waals surface area contributed by atoms with Crippen LogP contribution in [0.5, 0.6) is 0 Å². The van der Waals surface area contributed by atoms with Gasteiger partial charge in [0.25, 0.3) is 0 Å². The Morgan fingerprint density at radius 1 is 0.900 bits per heavy atom. The van der Waals surface area contributed by atoms with Gasteiger partial charge in [0.15, 0.2) is 0 Å². The molecule has 20 heavy (non-hydrogen) atoms. The van der Waals surface area contributed by atoms with E-state index in [1.165, 1.54) is 81.5 Å². The molecule has 0 heterocycles. The fraction of sp³-hybridized carbons (Fsp3) is 0.895. The highest BCUT2D eigenvalue weighted by Crippen LogP contribution is 2.43. The number of hydrogen-bond acceptors (Lipinski definition) is 0. The van der Waals surface area contributed by atoms with Gasteiger partial charge in [-0.25, -0.2) is 0 Å². The molecule has 0 amide bonds. The lowest BCUT2D eigenvalue weighted by atomic mass is 9.68. The number of hydrogen-bond donors (Lipinski definition) is 0. The van der Waals surface area contributed by atoms with Gasteiger partial charge in [0.05, 0.1) is 0 Å². The van der Waals surface area contributed by atoms with E-state index in [1.807, 2.05) is 0 Å². The standard InChI is InChI=1S/C19H33Br/c1-3-4-5-6-16-7-9-18(10-8-16)19-13-11-17(12-14-19)15(2)20/h16-19H,2-14H2,1H3/t16-,17-,18-,19-. The molecule has 2 aliphatic carbocycles. The van der Waals surface area contributed by atoms with Crippen LogP contribution in [0.25, 0.3) is 0 Å². The van der Waals surface area contributed by atoms with Crippen LogP contribution >= 0.6 is 15.9 Å². The molecule has 0 spiro atoms. The van der Waals surface area contributed by atoms with Crippen LogP contribution in [0.2, 0.25) is 0 Å². The summed E-state index contributed by atoms with van der Waals surface area (Å²) in [5.41, 5.74) is 0. The van der Waals surface area contributed by atoms with Gasteiger partial charge in [-0.1, -0.05) is 68.0 Å². The normalized spacial score (nSPS) is 34.9. The van der Waals surface area contributed by atoms with Crippen molar-refractivity contribution < 1.29 is 0 Å². The third-order valence-corrected chi connectivity index (χ3v) is 6.64. The monoisotopic (exact) mass is 340 g/mol. The van der Waals surface area contributed by atoms with Gasteiger partial charge in [-0.05, 0) is 66.7 Å². The van der Waals surface area contributed by atoms with Crippen LogP contribution in [0.4, 0.5) is 0 Å². The van der Waals surface area contributed by atoms with E-state index in [9.17, 15) is 0 Å². The van der Waals surface area contributed by atoms with Crippen LogP contribution in [0.3, 0.4) is 0 Å². The molecule has 0 bridgehead atoms. The van der Waals surface area contributed by atoms with Crippen LogP contribution in [0, 0.1) is 23.7 Å². The first-order valence-corrected chi connectivity index (χ1v) is 9.84. The zero-order valence-corrected chi connectivity index (χ0v) is 15.0. The van der Waals surface area contributed by atoms with Gasteiger partial charge in [-0.3, -0.25) is 0 Å². The quantitative estimate of drug-likeness (QED) is 0.452. The van der Waals surface area contributed by atoms with Crippen molar-refractivity contribution in [3.05, 3.63) is 11.1 Å². The lowest BCUT2D eigenvalue weighted by Gasteiger charge is -2.38. The van der Waals surface area contributed by atoms with Crippen LogP contribution in [-0.2, 0) is 0 Å². The summed E-state index contributed by atoms with van der Waals surface area (Å²) in [6, 6.07) is 0. The van der Waals surface area contributed by atoms with E-state index in [-0.39, 0.29) is 0 Å². The number of unbranched alkanes of at least 4 members (excludes halogenated alkanes) is 2. The van der Waals surface area contributed by atoms with E-state index in [0.717, 1.165) is 23.7 Å². The van der Waals surface area contributed by atoms with Crippen LogP contribution in [0.1, 0.15) is 84.0 Å². The predicted molar refractivity (Wildman–Crippen MR) is 93.1 cm³/mol. The molecule has 2 rings (SSSR count). The number of rotatable bonds is 6.